The lowest BCUT2D eigenvalue weighted by Crippen LogP contribution is -2.42. The first kappa shape index (κ1) is 18.8. The second-order valence-electron chi connectivity index (χ2n) is 6.27. The van der Waals surface area contributed by atoms with Crippen LogP contribution in [0, 0.1) is 11.3 Å². The Morgan fingerprint density at radius 2 is 2.31 bits per heavy atom. The summed E-state index contributed by atoms with van der Waals surface area (Å²) in [5.74, 6) is 0.498. The molecule has 1 aromatic rings. The number of carbonyl (C=O) groups excluding carboxylic acids is 1. The SMILES string of the molecule is N=C(CSC1=NCN(Cc2cccnc2)CN1)NC(=O)C1CCOCC1. The average Bonchev–Trinajstić information content (AvgIpc) is 2.69. The Labute approximate surface area is 157 Å². The molecule has 0 radical (unpaired) electrons. The summed E-state index contributed by atoms with van der Waals surface area (Å²) < 4.78 is 5.26. The molecule has 140 valence electrons. The molecule has 1 amide bonds. The summed E-state index contributed by atoms with van der Waals surface area (Å²) in [5, 5.41) is 14.7. The van der Waals surface area contributed by atoms with Crippen molar-refractivity contribution in [2.45, 2.75) is 19.4 Å². The minimum absolute atomic E-state index is 0.0414. The molecule has 26 heavy (non-hydrogen) atoms. The van der Waals surface area contributed by atoms with E-state index in [1.54, 1.807) is 6.20 Å². The van der Waals surface area contributed by atoms with E-state index in [9.17, 15) is 4.79 Å². The lowest BCUT2D eigenvalue weighted by Gasteiger charge is -2.26. The molecular formula is C17H24N6O2S. The molecule has 0 unspecified atom stereocenters. The Kier molecular flexibility index (Phi) is 6.98. The molecule has 8 nitrogen and oxygen atoms in total. The predicted octanol–water partition coefficient (Wildman–Crippen LogP) is 1.01. The molecule has 3 rings (SSSR count). The number of rotatable bonds is 5. The summed E-state index contributed by atoms with van der Waals surface area (Å²) in [5.41, 5.74) is 1.15. The van der Waals surface area contributed by atoms with Crippen LogP contribution in [0.1, 0.15) is 18.4 Å². The first-order chi connectivity index (χ1) is 12.7. The van der Waals surface area contributed by atoms with Gasteiger partial charge in [0.05, 0.1) is 19.1 Å². The van der Waals surface area contributed by atoms with E-state index in [4.69, 9.17) is 10.1 Å². The molecule has 0 aromatic carbocycles. The van der Waals surface area contributed by atoms with E-state index in [1.807, 2.05) is 18.3 Å². The van der Waals surface area contributed by atoms with Gasteiger partial charge in [0.1, 0.15) is 5.84 Å². The number of thioether (sulfide) groups is 1. The van der Waals surface area contributed by atoms with E-state index >= 15 is 0 Å². The zero-order chi connectivity index (χ0) is 18.2. The smallest absolute Gasteiger partial charge is 0.228 e. The van der Waals surface area contributed by atoms with Crippen LogP contribution in [-0.2, 0) is 16.1 Å². The van der Waals surface area contributed by atoms with Crippen molar-refractivity contribution in [3.8, 4) is 0 Å². The Morgan fingerprint density at radius 3 is 3.00 bits per heavy atom. The van der Waals surface area contributed by atoms with Crippen LogP contribution in [0.5, 0.6) is 0 Å². The van der Waals surface area contributed by atoms with E-state index < -0.39 is 0 Å². The van der Waals surface area contributed by atoms with Crippen molar-refractivity contribution >= 4 is 28.7 Å². The van der Waals surface area contributed by atoms with Gasteiger partial charge in [0.2, 0.25) is 5.91 Å². The number of ether oxygens (including phenoxy) is 1. The highest BCUT2D eigenvalue weighted by Gasteiger charge is 2.22. The summed E-state index contributed by atoms with van der Waals surface area (Å²) in [7, 11) is 0. The topological polar surface area (TPSA) is 103 Å². The number of pyridine rings is 1. The molecule has 2 aliphatic rings. The van der Waals surface area contributed by atoms with Gasteiger partial charge in [-0.25, -0.2) is 4.99 Å². The monoisotopic (exact) mass is 376 g/mol. The number of aliphatic imine (C=N–C) groups is 1. The Hall–Kier alpha value is -1.97. The van der Waals surface area contributed by atoms with E-state index in [2.05, 4.69) is 25.5 Å². The maximum atomic E-state index is 12.1. The molecule has 0 saturated carbocycles. The fourth-order valence-electron chi connectivity index (χ4n) is 2.79. The number of amides is 1. The molecule has 3 N–H and O–H groups in total. The summed E-state index contributed by atoms with van der Waals surface area (Å²) >= 11 is 1.44. The van der Waals surface area contributed by atoms with Crippen molar-refractivity contribution in [3.05, 3.63) is 30.1 Å². The maximum Gasteiger partial charge on any atom is 0.228 e. The van der Waals surface area contributed by atoms with Gasteiger partial charge >= 0.3 is 0 Å². The van der Waals surface area contributed by atoms with E-state index in [0.717, 1.165) is 30.1 Å². The maximum absolute atomic E-state index is 12.1. The van der Waals surface area contributed by atoms with Crippen molar-refractivity contribution in [1.29, 1.82) is 5.41 Å². The van der Waals surface area contributed by atoms with Gasteiger partial charge in [-0.15, -0.1) is 0 Å². The number of carbonyl (C=O) groups is 1. The summed E-state index contributed by atoms with van der Waals surface area (Å²) in [4.78, 5) is 22.9. The largest absolute Gasteiger partial charge is 0.381 e. The predicted molar refractivity (Wildman–Crippen MR) is 102 cm³/mol. The Morgan fingerprint density at radius 1 is 1.46 bits per heavy atom. The first-order valence-corrected chi connectivity index (χ1v) is 9.67. The average molecular weight is 376 g/mol. The number of hydrogen-bond donors (Lipinski definition) is 3. The summed E-state index contributed by atoms with van der Waals surface area (Å²) in [6.07, 6.45) is 5.08. The fourth-order valence-corrected chi connectivity index (χ4v) is 3.46. The molecule has 0 spiro atoms. The van der Waals surface area contributed by atoms with Crippen molar-refractivity contribution in [1.82, 2.24) is 20.5 Å². The van der Waals surface area contributed by atoms with Crippen LogP contribution in [0.25, 0.3) is 0 Å². The number of amidine groups is 2. The second kappa shape index (κ2) is 9.65. The van der Waals surface area contributed by atoms with Gasteiger partial charge in [0, 0.05) is 38.1 Å². The van der Waals surface area contributed by atoms with Crippen molar-refractivity contribution in [3.63, 3.8) is 0 Å². The number of aromatic nitrogens is 1. The van der Waals surface area contributed by atoms with Gasteiger partial charge in [0.15, 0.2) is 5.17 Å². The fraction of sp³-hybridized carbons (Fsp3) is 0.529. The zero-order valence-corrected chi connectivity index (χ0v) is 15.4. The van der Waals surface area contributed by atoms with Crippen molar-refractivity contribution in [2.24, 2.45) is 10.9 Å². The first-order valence-electron chi connectivity index (χ1n) is 8.69. The number of nitrogens with zero attached hydrogens (tertiary/aromatic N) is 3. The van der Waals surface area contributed by atoms with Crippen LogP contribution in [0.4, 0.5) is 0 Å². The van der Waals surface area contributed by atoms with Gasteiger partial charge in [-0.1, -0.05) is 17.8 Å². The third-order valence-corrected chi connectivity index (χ3v) is 5.20. The van der Waals surface area contributed by atoms with E-state index in [1.165, 1.54) is 11.8 Å². The molecule has 1 aromatic heterocycles. The molecule has 9 heteroatoms. The number of nitrogens with one attached hydrogen (secondary N) is 3. The van der Waals surface area contributed by atoms with Gasteiger partial charge in [0.25, 0.3) is 0 Å². The highest BCUT2D eigenvalue weighted by molar-refractivity contribution is 8.14. The van der Waals surface area contributed by atoms with Crippen LogP contribution in [0.15, 0.2) is 29.5 Å². The van der Waals surface area contributed by atoms with Crippen LogP contribution in [-0.4, -0.2) is 59.1 Å². The van der Waals surface area contributed by atoms with E-state index in [-0.39, 0.29) is 17.7 Å². The molecule has 0 aliphatic carbocycles. The van der Waals surface area contributed by atoms with Crippen LogP contribution in [0.3, 0.4) is 0 Å². The summed E-state index contributed by atoms with van der Waals surface area (Å²) in [6.45, 7) is 3.33. The third-order valence-electron chi connectivity index (χ3n) is 4.22. The lowest BCUT2D eigenvalue weighted by molar-refractivity contribution is -0.126. The van der Waals surface area contributed by atoms with Crippen molar-refractivity contribution < 1.29 is 9.53 Å². The lowest BCUT2D eigenvalue weighted by atomic mass is 9.99. The molecule has 1 saturated heterocycles. The molecule has 0 bridgehead atoms. The van der Waals surface area contributed by atoms with Gasteiger partial charge < -0.3 is 15.4 Å². The quantitative estimate of drug-likeness (QED) is 0.524. The molecule has 0 atom stereocenters. The molecule has 2 aliphatic heterocycles. The zero-order valence-electron chi connectivity index (χ0n) is 14.6. The van der Waals surface area contributed by atoms with Gasteiger partial charge in [-0.05, 0) is 24.5 Å². The van der Waals surface area contributed by atoms with Crippen molar-refractivity contribution in [2.75, 3.05) is 32.3 Å². The molecular weight excluding hydrogens is 352 g/mol. The minimum Gasteiger partial charge on any atom is -0.381 e. The Balaban J connectivity index is 1.37. The van der Waals surface area contributed by atoms with Gasteiger partial charge in [-0.3, -0.25) is 20.1 Å². The normalized spacial score (nSPS) is 18.7. The minimum atomic E-state index is -0.0694. The number of hydrogen-bond acceptors (Lipinski definition) is 8. The molecule has 1 fully saturated rings. The van der Waals surface area contributed by atoms with Gasteiger partial charge in [-0.2, -0.15) is 0 Å². The van der Waals surface area contributed by atoms with Crippen LogP contribution < -0.4 is 10.6 Å². The summed E-state index contributed by atoms with van der Waals surface area (Å²) in [6, 6.07) is 3.97. The highest BCUT2D eigenvalue weighted by Crippen LogP contribution is 2.15. The van der Waals surface area contributed by atoms with Crippen LogP contribution >= 0.6 is 11.8 Å². The molecule has 3 heterocycles. The standard InChI is InChI=1S/C17H24N6O2S/c18-15(22-16(24)14-3-6-25-7-4-14)10-26-17-20-11-23(12-21-17)9-13-2-1-5-19-8-13/h1-2,5,8,14H,3-4,6-7,9-12H2,(H,20,21)(H2,18,22,24). The second-order valence-corrected chi connectivity index (χ2v) is 7.24. The Bertz CT molecular complexity index is 648. The third kappa shape index (κ3) is 5.79. The van der Waals surface area contributed by atoms with Crippen LogP contribution in [0.2, 0.25) is 0 Å². The van der Waals surface area contributed by atoms with E-state index in [0.29, 0.717) is 32.3 Å². The highest BCUT2D eigenvalue weighted by atomic mass is 32.2.